The van der Waals surface area contributed by atoms with Crippen molar-refractivity contribution >= 4 is 15.2 Å². The number of aliphatic hydroxyl groups is 1. The molecule has 1 aromatic rings. The Bertz CT molecular complexity index is 509. The van der Waals surface area contributed by atoms with Gasteiger partial charge in [0.2, 0.25) is 0 Å². The predicted octanol–water partition coefficient (Wildman–Crippen LogP) is -0.0268. The first-order valence-electron chi connectivity index (χ1n) is 5.30. The van der Waals surface area contributed by atoms with Crippen LogP contribution >= 0.6 is 15.2 Å². The van der Waals surface area contributed by atoms with Crippen LogP contribution in [0.5, 0.6) is 0 Å². The van der Waals surface area contributed by atoms with Gasteiger partial charge in [0, 0.05) is 25.4 Å². The quantitative estimate of drug-likeness (QED) is 0.459. The Morgan fingerprint density at radius 1 is 1.26 bits per heavy atom. The third-order valence-corrected chi connectivity index (χ3v) is 6.64. The van der Waals surface area contributed by atoms with Crippen molar-refractivity contribution in [3.05, 3.63) is 18.2 Å². The fraction of sp³-hybridized carbons (Fsp3) is 0.625. The van der Waals surface area contributed by atoms with E-state index in [0.29, 0.717) is 5.82 Å². The van der Waals surface area contributed by atoms with E-state index in [4.69, 9.17) is 19.6 Å². The molecule has 0 radical (unpaired) electrons. The number of hydrogen-bond donors (Lipinski definition) is 5. The van der Waals surface area contributed by atoms with Crippen LogP contribution in [0.1, 0.15) is 18.7 Å². The summed E-state index contributed by atoms with van der Waals surface area (Å²) < 4.78 is 23.8. The van der Waals surface area contributed by atoms with Gasteiger partial charge in [0.15, 0.2) is 0 Å². The van der Waals surface area contributed by atoms with Gasteiger partial charge in [-0.25, -0.2) is 4.98 Å². The Morgan fingerprint density at radius 3 is 2.16 bits per heavy atom. The lowest BCUT2D eigenvalue weighted by Crippen LogP contribution is -2.29. The van der Waals surface area contributed by atoms with Crippen LogP contribution in [0.3, 0.4) is 0 Å². The largest absolute Gasteiger partial charge is 0.369 e. The van der Waals surface area contributed by atoms with Crippen molar-refractivity contribution in [2.75, 3.05) is 0 Å². The summed E-state index contributed by atoms with van der Waals surface area (Å²) in [6.07, 6.45) is 2.39. The molecule has 110 valence electrons. The molecule has 1 rings (SSSR count). The number of rotatable bonds is 6. The molecule has 0 saturated carbocycles. The number of aromatic nitrogens is 2. The zero-order valence-electron chi connectivity index (χ0n) is 10.1. The van der Waals surface area contributed by atoms with Crippen LogP contribution in [-0.2, 0) is 15.7 Å². The van der Waals surface area contributed by atoms with Gasteiger partial charge in [-0.2, -0.15) is 0 Å². The first-order chi connectivity index (χ1) is 8.49. The first kappa shape index (κ1) is 16.5. The summed E-state index contributed by atoms with van der Waals surface area (Å²) in [6.45, 7) is 1.94. The molecule has 1 heterocycles. The topological polar surface area (TPSA) is 153 Å². The van der Waals surface area contributed by atoms with E-state index in [9.17, 15) is 14.2 Å². The second kappa shape index (κ2) is 5.46. The normalized spacial score (nSPS) is 13.8. The lowest BCUT2D eigenvalue weighted by molar-refractivity contribution is 0.120. The number of imidazole rings is 1. The smallest absolute Gasteiger partial charge is 0.368 e. The molecule has 0 aliphatic heterocycles. The number of nitrogens with zero attached hydrogens (tertiary/aromatic N) is 2. The minimum atomic E-state index is -5.36. The highest BCUT2D eigenvalue weighted by molar-refractivity contribution is 7.72. The zero-order chi connectivity index (χ0) is 14.9. The highest BCUT2D eigenvalue weighted by atomic mass is 31.2. The van der Waals surface area contributed by atoms with Crippen LogP contribution in [0.25, 0.3) is 0 Å². The van der Waals surface area contributed by atoms with E-state index in [0.717, 1.165) is 0 Å². The van der Waals surface area contributed by atoms with Gasteiger partial charge in [0.25, 0.3) is 5.08 Å². The molecule has 0 bridgehead atoms. The van der Waals surface area contributed by atoms with Crippen molar-refractivity contribution in [2.24, 2.45) is 0 Å². The molecular weight excluding hydrogens is 298 g/mol. The standard InChI is InChI=1S/C8H16N2O7P2/c1-7-9-4-6-10(7)5-2-3-8(11,18(12,13)14)19(15,16)17/h4,6,11H,2-3,5H2,1H3,(H2,12,13,14)(H2,15,16,17). The van der Waals surface area contributed by atoms with Crippen molar-refractivity contribution in [1.29, 1.82) is 0 Å². The molecule has 0 aliphatic rings. The fourth-order valence-electron chi connectivity index (χ4n) is 1.59. The molecule has 11 heteroatoms. The van der Waals surface area contributed by atoms with Gasteiger partial charge in [-0.05, 0) is 13.3 Å². The second-order valence-electron chi connectivity index (χ2n) is 4.13. The molecule has 1 aromatic heterocycles. The number of hydrogen-bond acceptors (Lipinski definition) is 4. The van der Waals surface area contributed by atoms with Gasteiger partial charge >= 0.3 is 15.2 Å². The highest BCUT2D eigenvalue weighted by Gasteiger charge is 2.58. The van der Waals surface area contributed by atoms with Crippen molar-refractivity contribution < 1.29 is 33.8 Å². The summed E-state index contributed by atoms with van der Waals surface area (Å²) in [5.41, 5.74) is 0. The average molecular weight is 314 g/mol. The maximum Gasteiger partial charge on any atom is 0.369 e. The van der Waals surface area contributed by atoms with Gasteiger partial charge in [0.1, 0.15) is 5.82 Å². The molecular formula is C8H16N2O7P2. The van der Waals surface area contributed by atoms with Crippen LogP contribution in [0.2, 0.25) is 0 Å². The maximum absolute atomic E-state index is 11.1. The Balaban J connectivity index is 2.80. The van der Waals surface area contributed by atoms with Crippen molar-refractivity contribution in [1.82, 2.24) is 9.55 Å². The lowest BCUT2D eigenvalue weighted by atomic mass is 10.3. The Hall–Kier alpha value is -0.530. The Kier molecular flexibility index (Phi) is 4.75. The summed E-state index contributed by atoms with van der Waals surface area (Å²) in [5, 5.41) is 6.29. The van der Waals surface area contributed by atoms with E-state index in [1.807, 2.05) is 0 Å². The van der Waals surface area contributed by atoms with E-state index in [2.05, 4.69) is 4.98 Å². The third-order valence-electron chi connectivity index (χ3n) is 2.77. The fourth-order valence-corrected chi connectivity index (χ4v) is 3.84. The maximum atomic E-state index is 11.1. The summed E-state index contributed by atoms with van der Waals surface area (Å²) in [5.74, 6) is 0.649. The Morgan fingerprint density at radius 2 is 1.79 bits per heavy atom. The van der Waals surface area contributed by atoms with E-state index in [1.54, 1.807) is 17.7 Å². The highest BCUT2D eigenvalue weighted by Crippen LogP contribution is 2.69. The summed E-state index contributed by atoms with van der Waals surface area (Å²) in [6, 6.07) is 0. The minimum Gasteiger partial charge on any atom is -0.368 e. The Labute approximate surface area is 109 Å². The lowest BCUT2D eigenvalue weighted by Gasteiger charge is -2.29. The number of aryl methyl sites for hydroxylation is 2. The van der Waals surface area contributed by atoms with E-state index in [1.165, 1.54) is 6.20 Å². The minimum absolute atomic E-state index is 0.0239. The SMILES string of the molecule is Cc1nccn1CCCC(O)(P(=O)(O)O)P(=O)(O)O. The van der Waals surface area contributed by atoms with Gasteiger partial charge < -0.3 is 29.2 Å². The molecule has 0 atom stereocenters. The van der Waals surface area contributed by atoms with E-state index >= 15 is 0 Å². The van der Waals surface area contributed by atoms with Crippen molar-refractivity contribution in [3.63, 3.8) is 0 Å². The first-order valence-corrected chi connectivity index (χ1v) is 8.53. The van der Waals surface area contributed by atoms with Crippen LogP contribution in [0.15, 0.2) is 12.4 Å². The van der Waals surface area contributed by atoms with Gasteiger partial charge in [-0.15, -0.1) is 0 Å². The van der Waals surface area contributed by atoms with Crippen LogP contribution < -0.4 is 0 Å². The van der Waals surface area contributed by atoms with Gasteiger partial charge in [0.05, 0.1) is 0 Å². The van der Waals surface area contributed by atoms with Crippen molar-refractivity contribution in [2.45, 2.75) is 31.4 Å². The third kappa shape index (κ3) is 3.52. The average Bonchev–Trinajstić information content (AvgIpc) is 2.61. The van der Waals surface area contributed by atoms with E-state index in [-0.39, 0.29) is 13.0 Å². The second-order valence-corrected chi connectivity index (χ2v) is 8.14. The molecule has 0 aliphatic carbocycles. The molecule has 0 spiro atoms. The molecule has 0 saturated heterocycles. The van der Waals surface area contributed by atoms with Gasteiger partial charge in [-0.3, -0.25) is 9.13 Å². The summed E-state index contributed by atoms with van der Waals surface area (Å²) in [4.78, 5) is 39.7. The molecule has 0 fully saturated rings. The molecule has 9 nitrogen and oxygen atoms in total. The molecule has 0 unspecified atom stereocenters. The van der Waals surface area contributed by atoms with Crippen molar-refractivity contribution in [3.8, 4) is 0 Å². The molecule has 19 heavy (non-hydrogen) atoms. The molecule has 5 N–H and O–H groups in total. The summed E-state index contributed by atoms with van der Waals surface area (Å²) in [7, 11) is -10.7. The van der Waals surface area contributed by atoms with Crippen LogP contribution in [0.4, 0.5) is 0 Å². The van der Waals surface area contributed by atoms with E-state index < -0.39 is 26.7 Å². The van der Waals surface area contributed by atoms with Crippen LogP contribution in [0, 0.1) is 6.92 Å². The summed E-state index contributed by atoms with van der Waals surface area (Å²) >= 11 is 0. The predicted molar refractivity (Wildman–Crippen MR) is 65.2 cm³/mol. The zero-order valence-corrected chi connectivity index (χ0v) is 11.9. The molecule has 0 aromatic carbocycles. The van der Waals surface area contributed by atoms with Crippen LogP contribution in [-0.4, -0.2) is 39.3 Å². The monoisotopic (exact) mass is 314 g/mol. The van der Waals surface area contributed by atoms with Gasteiger partial charge in [-0.1, -0.05) is 0 Å². The molecule has 0 amide bonds.